The summed E-state index contributed by atoms with van der Waals surface area (Å²) in [7, 11) is 1.18. The Morgan fingerprint density at radius 1 is 1.18 bits per heavy atom. The van der Waals surface area contributed by atoms with Crippen molar-refractivity contribution in [2.75, 3.05) is 7.11 Å². The molecule has 0 N–H and O–H groups in total. The number of benzene rings is 2. The van der Waals surface area contributed by atoms with Crippen LogP contribution < -0.4 is 4.74 Å². The average molecular weight is 461 g/mol. The number of methoxy groups -OCH3 is 1. The minimum atomic E-state index is -4.56. The molecule has 28 heavy (non-hydrogen) atoms. The zero-order valence-electron chi connectivity index (χ0n) is 14.4. The molecule has 9 heteroatoms. The molecule has 0 saturated heterocycles. The summed E-state index contributed by atoms with van der Waals surface area (Å²) in [6.07, 6.45) is -4.79. The number of ether oxygens (including phenoxy) is 2. The molecule has 0 aliphatic carbocycles. The Balaban J connectivity index is 1.90. The summed E-state index contributed by atoms with van der Waals surface area (Å²) in [4.78, 5) is 11.5. The van der Waals surface area contributed by atoms with Gasteiger partial charge in [0.2, 0.25) is 0 Å². The number of carbonyl (C=O) groups is 1. The summed E-state index contributed by atoms with van der Waals surface area (Å²) in [5, 5.41) is 0.476. The van der Waals surface area contributed by atoms with Gasteiger partial charge in [0.15, 0.2) is 5.58 Å². The highest BCUT2D eigenvalue weighted by Crippen LogP contribution is 2.34. The lowest BCUT2D eigenvalue weighted by atomic mass is 10.1. The standard InChI is InChI=1S/C19H13BrF4O4/c1-26-17(25)7-11-2-3-13(19(22,23)24)8-15(11)27-9-10-4-12-6-16(21)28-18(12)14(20)5-10/h2-6,8H,7,9H2,1H3. The molecule has 0 unspecified atom stereocenters. The van der Waals surface area contributed by atoms with Gasteiger partial charge in [-0.25, -0.2) is 0 Å². The van der Waals surface area contributed by atoms with Gasteiger partial charge in [-0.2, -0.15) is 17.6 Å². The Bertz CT molecular complexity index is 1030. The van der Waals surface area contributed by atoms with Gasteiger partial charge in [0.05, 0.1) is 23.6 Å². The Morgan fingerprint density at radius 2 is 1.93 bits per heavy atom. The van der Waals surface area contributed by atoms with Gasteiger partial charge in [-0.3, -0.25) is 4.79 Å². The molecule has 0 radical (unpaired) electrons. The summed E-state index contributed by atoms with van der Waals surface area (Å²) in [5.41, 5.74) is 0.243. The van der Waals surface area contributed by atoms with Crippen molar-refractivity contribution in [1.29, 1.82) is 0 Å². The average Bonchev–Trinajstić information content (AvgIpc) is 3.00. The molecule has 1 heterocycles. The molecule has 0 aliphatic rings. The summed E-state index contributed by atoms with van der Waals surface area (Å²) >= 11 is 3.26. The van der Waals surface area contributed by atoms with Crippen molar-refractivity contribution in [3.05, 3.63) is 63.6 Å². The van der Waals surface area contributed by atoms with E-state index in [9.17, 15) is 22.4 Å². The Morgan fingerprint density at radius 3 is 2.61 bits per heavy atom. The Kier molecular flexibility index (Phi) is 5.64. The summed E-state index contributed by atoms with van der Waals surface area (Å²) in [5.74, 6) is -0.697. The van der Waals surface area contributed by atoms with Crippen LogP contribution in [0.2, 0.25) is 0 Å². The maximum absolute atomic E-state index is 13.3. The maximum Gasteiger partial charge on any atom is 0.416 e. The highest BCUT2D eigenvalue weighted by atomic mass is 79.9. The molecule has 0 spiro atoms. The summed E-state index contributed by atoms with van der Waals surface area (Å²) in [6, 6.07) is 6.53. The number of esters is 1. The van der Waals surface area contributed by atoms with Gasteiger partial charge in [0.25, 0.3) is 6.01 Å². The van der Waals surface area contributed by atoms with Crippen LogP contribution >= 0.6 is 15.9 Å². The van der Waals surface area contributed by atoms with Crippen LogP contribution in [0.4, 0.5) is 17.6 Å². The topological polar surface area (TPSA) is 48.7 Å². The van der Waals surface area contributed by atoms with E-state index in [2.05, 4.69) is 20.7 Å². The Labute approximate surface area is 165 Å². The first kappa shape index (κ1) is 20.2. The number of furan rings is 1. The normalized spacial score (nSPS) is 11.6. The highest BCUT2D eigenvalue weighted by Gasteiger charge is 2.31. The van der Waals surface area contributed by atoms with E-state index < -0.39 is 23.7 Å². The van der Waals surface area contributed by atoms with Gasteiger partial charge in [0.1, 0.15) is 12.4 Å². The molecule has 3 aromatic rings. The molecule has 0 amide bonds. The monoisotopic (exact) mass is 460 g/mol. The quantitative estimate of drug-likeness (QED) is 0.364. The van der Waals surface area contributed by atoms with Crippen molar-refractivity contribution < 1.29 is 36.2 Å². The SMILES string of the molecule is COC(=O)Cc1ccc(C(F)(F)F)cc1OCc1cc(Br)c2oc(F)cc2c1. The number of hydrogen-bond acceptors (Lipinski definition) is 4. The molecule has 0 atom stereocenters. The van der Waals surface area contributed by atoms with Gasteiger partial charge in [0, 0.05) is 17.0 Å². The predicted octanol–water partition coefficient (Wildman–Crippen LogP) is 5.65. The summed E-state index contributed by atoms with van der Waals surface area (Å²) < 4.78 is 67.9. The first-order valence-electron chi connectivity index (χ1n) is 7.94. The molecule has 0 saturated carbocycles. The number of carbonyl (C=O) groups excluding carboxylic acids is 1. The molecule has 4 nitrogen and oxygen atoms in total. The van der Waals surface area contributed by atoms with E-state index in [0.717, 1.165) is 12.1 Å². The van der Waals surface area contributed by atoms with E-state index in [1.54, 1.807) is 12.1 Å². The van der Waals surface area contributed by atoms with Crippen molar-refractivity contribution in [3.63, 3.8) is 0 Å². The van der Waals surface area contributed by atoms with Gasteiger partial charge < -0.3 is 13.9 Å². The largest absolute Gasteiger partial charge is 0.489 e. The van der Waals surface area contributed by atoms with E-state index in [1.807, 2.05) is 0 Å². The lowest BCUT2D eigenvalue weighted by Gasteiger charge is -2.14. The van der Waals surface area contributed by atoms with Crippen LogP contribution in [0.5, 0.6) is 5.75 Å². The lowest BCUT2D eigenvalue weighted by molar-refractivity contribution is -0.139. The van der Waals surface area contributed by atoms with E-state index in [-0.39, 0.29) is 24.3 Å². The molecule has 1 aromatic heterocycles. The number of alkyl halides is 3. The third kappa shape index (κ3) is 4.46. The van der Waals surface area contributed by atoms with Crippen molar-refractivity contribution in [1.82, 2.24) is 0 Å². The summed E-state index contributed by atoms with van der Waals surface area (Å²) in [6.45, 7) is -0.100. The molecule has 148 valence electrons. The van der Waals surface area contributed by atoms with E-state index in [1.165, 1.54) is 19.2 Å². The zero-order chi connectivity index (χ0) is 20.5. The lowest BCUT2D eigenvalue weighted by Crippen LogP contribution is -2.10. The van der Waals surface area contributed by atoms with Crippen molar-refractivity contribution >= 4 is 32.9 Å². The first-order chi connectivity index (χ1) is 13.2. The molecule has 2 aromatic carbocycles. The van der Waals surface area contributed by atoms with E-state index in [4.69, 9.17) is 9.15 Å². The second-order valence-electron chi connectivity index (χ2n) is 5.91. The molecule has 0 fully saturated rings. The van der Waals surface area contributed by atoms with Crippen molar-refractivity contribution in [2.24, 2.45) is 0 Å². The van der Waals surface area contributed by atoms with Crippen LogP contribution in [-0.2, 0) is 28.7 Å². The van der Waals surface area contributed by atoms with Gasteiger partial charge in [-0.15, -0.1) is 0 Å². The van der Waals surface area contributed by atoms with Crippen LogP contribution in [0.3, 0.4) is 0 Å². The number of fused-ring (bicyclic) bond motifs is 1. The molecular weight excluding hydrogens is 448 g/mol. The maximum atomic E-state index is 13.3. The molecular formula is C19H13BrF4O4. The molecule has 3 rings (SSSR count). The second-order valence-corrected chi connectivity index (χ2v) is 6.76. The fourth-order valence-corrected chi connectivity index (χ4v) is 3.22. The zero-order valence-corrected chi connectivity index (χ0v) is 16.0. The molecule has 0 aliphatic heterocycles. The van der Waals surface area contributed by atoms with Crippen molar-refractivity contribution in [3.8, 4) is 5.75 Å². The third-order valence-corrected chi connectivity index (χ3v) is 4.54. The highest BCUT2D eigenvalue weighted by molar-refractivity contribution is 9.10. The minimum absolute atomic E-state index is 0.0881. The van der Waals surface area contributed by atoms with E-state index in [0.29, 0.717) is 21.0 Å². The van der Waals surface area contributed by atoms with Crippen LogP contribution in [0.1, 0.15) is 16.7 Å². The second kappa shape index (κ2) is 7.83. The fourth-order valence-electron chi connectivity index (χ4n) is 2.62. The smallest absolute Gasteiger partial charge is 0.416 e. The van der Waals surface area contributed by atoms with Gasteiger partial charge in [-0.1, -0.05) is 6.07 Å². The first-order valence-corrected chi connectivity index (χ1v) is 8.74. The predicted molar refractivity (Wildman–Crippen MR) is 95.4 cm³/mol. The fraction of sp³-hybridized carbons (Fsp3) is 0.211. The van der Waals surface area contributed by atoms with Crippen LogP contribution in [-0.4, -0.2) is 13.1 Å². The number of hydrogen-bond donors (Lipinski definition) is 0. The minimum Gasteiger partial charge on any atom is -0.489 e. The number of halogens is 5. The molecule has 0 bridgehead atoms. The van der Waals surface area contributed by atoms with Crippen LogP contribution in [0.15, 0.2) is 45.3 Å². The Hall–Kier alpha value is -2.55. The van der Waals surface area contributed by atoms with Gasteiger partial charge in [-0.05, 0) is 45.8 Å². The van der Waals surface area contributed by atoms with E-state index >= 15 is 0 Å². The van der Waals surface area contributed by atoms with Crippen molar-refractivity contribution in [2.45, 2.75) is 19.2 Å². The number of rotatable bonds is 5. The van der Waals surface area contributed by atoms with Gasteiger partial charge >= 0.3 is 12.1 Å². The van der Waals surface area contributed by atoms with Crippen LogP contribution in [0.25, 0.3) is 11.0 Å². The third-order valence-electron chi connectivity index (χ3n) is 3.95. The van der Waals surface area contributed by atoms with Crippen LogP contribution in [0, 0.1) is 6.01 Å².